The van der Waals surface area contributed by atoms with E-state index in [9.17, 15) is 9.90 Å². The van der Waals surface area contributed by atoms with Crippen LogP contribution in [0, 0.1) is 0 Å². The predicted octanol–water partition coefficient (Wildman–Crippen LogP) is 3.85. The van der Waals surface area contributed by atoms with Crippen molar-refractivity contribution in [3.05, 3.63) is 34.9 Å². The van der Waals surface area contributed by atoms with Gasteiger partial charge in [0.05, 0.1) is 5.92 Å². The van der Waals surface area contributed by atoms with Gasteiger partial charge in [0.1, 0.15) is 0 Å². The van der Waals surface area contributed by atoms with Gasteiger partial charge in [0, 0.05) is 13.1 Å². The maximum absolute atomic E-state index is 11.3. The number of halogens is 1. The minimum Gasteiger partial charge on any atom is -0.481 e. The van der Waals surface area contributed by atoms with Gasteiger partial charge in [-0.1, -0.05) is 43.4 Å². The zero-order valence-corrected chi connectivity index (χ0v) is 11.6. The molecular formula is C12H17ClO2Si. The molecular weight excluding hydrogens is 240 g/mol. The Balaban J connectivity index is 2.99. The van der Waals surface area contributed by atoms with Gasteiger partial charge in [-0.25, -0.2) is 0 Å². The molecule has 1 aromatic carbocycles. The summed E-state index contributed by atoms with van der Waals surface area (Å²) in [5.41, 5.74) is 0.808. The number of hydrogen-bond acceptors (Lipinski definition) is 1. The van der Waals surface area contributed by atoms with Crippen LogP contribution in [0.15, 0.2) is 24.3 Å². The van der Waals surface area contributed by atoms with Crippen LogP contribution in [0.1, 0.15) is 11.5 Å². The van der Waals surface area contributed by atoms with E-state index in [1.807, 2.05) is 6.07 Å². The van der Waals surface area contributed by atoms with Crippen molar-refractivity contribution in [2.45, 2.75) is 31.6 Å². The third-order valence-electron chi connectivity index (χ3n) is 2.37. The molecule has 0 bridgehead atoms. The average Bonchev–Trinajstić information content (AvgIpc) is 2.12. The van der Waals surface area contributed by atoms with Gasteiger partial charge in [-0.15, -0.1) is 0 Å². The van der Waals surface area contributed by atoms with Crippen molar-refractivity contribution in [1.82, 2.24) is 0 Å². The van der Waals surface area contributed by atoms with Crippen molar-refractivity contribution in [1.29, 1.82) is 0 Å². The minimum absolute atomic E-state index is 0.426. The van der Waals surface area contributed by atoms with Crippen molar-refractivity contribution in [2.24, 2.45) is 0 Å². The molecule has 0 heterocycles. The molecule has 88 valence electrons. The van der Waals surface area contributed by atoms with Crippen LogP contribution in [0.2, 0.25) is 30.7 Å². The standard InChI is InChI=1S/C12H17ClO2Si/c1-16(2,3)8-11(12(14)15)9-5-4-6-10(13)7-9/h4-7,11H,8H2,1-3H3,(H,14,15). The largest absolute Gasteiger partial charge is 0.481 e. The number of aliphatic carboxylic acids is 1. The highest BCUT2D eigenvalue weighted by molar-refractivity contribution is 6.76. The molecule has 2 nitrogen and oxygen atoms in total. The smallest absolute Gasteiger partial charge is 0.310 e. The molecule has 1 N–H and O–H groups in total. The van der Waals surface area contributed by atoms with E-state index in [-0.39, 0.29) is 0 Å². The molecule has 0 fully saturated rings. The minimum atomic E-state index is -1.41. The molecule has 4 heteroatoms. The molecule has 1 aromatic rings. The second-order valence-electron chi connectivity index (χ2n) is 5.21. The second-order valence-corrected chi connectivity index (χ2v) is 11.2. The Morgan fingerprint density at radius 1 is 1.44 bits per heavy atom. The Hall–Kier alpha value is -0.803. The van der Waals surface area contributed by atoms with E-state index in [4.69, 9.17) is 11.6 Å². The Bertz CT molecular complexity index is 385. The highest BCUT2D eigenvalue weighted by Crippen LogP contribution is 2.28. The lowest BCUT2D eigenvalue weighted by molar-refractivity contribution is -0.138. The molecule has 0 amide bonds. The Kier molecular flexibility index (Phi) is 4.16. The van der Waals surface area contributed by atoms with Crippen molar-refractivity contribution >= 4 is 25.6 Å². The van der Waals surface area contributed by atoms with E-state index in [0.29, 0.717) is 5.02 Å². The summed E-state index contributed by atoms with van der Waals surface area (Å²) < 4.78 is 0. The summed E-state index contributed by atoms with van der Waals surface area (Å²) >= 11 is 5.88. The van der Waals surface area contributed by atoms with Gasteiger partial charge in [-0.3, -0.25) is 4.79 Å². The summed E-state index contributed by atoms with van der Waals surface area (Å²) in [6.45, 7) is 6.52. The van der Waals surface area contributed by atoms with Gasteiger partial charge in [0.2, 0.25) is 0 Å². The maximum Gasteiger partial charge on any atom is 0.310 e. The summed E-state index contributed by atoms with van der Waals surface area (Å²) in [7, 11) is -1.41. The normalized spacial score (nSPS) is 13.5. The quantitative estimate of drug-likeness (QED) is 0.831. The predicted molar refractivity (Wildman–Crippen MR) is 70.0 cm³/mol. The number of carbonyl (C=O) groups is 1. The third-order valence-corrected chi connectivity index (χ3v) is 4.23. The van der Waals surface area contributed by atoms with E-state index in [1.54, 1.807) is 18.2 Å². The zero-order chi connectivity index (χ0) is 12.3. The van der Waals surface area contributed by atoms with Crippen molar-refractivity contribution in [3.63, 3.8) is 0 Å². The van der Waals surface area contributed by atoms with Crippen LogP contribution in [0.25, 0.3) is 0 Å². The fraction of sp³-hybridized carbons (Fsp3) is 0.417. The van der Waals surface area contributed by atoms with Crippen LogP contribution >= 0.6 is 11.6 Å². The number of benzene rings is 1. The Labute approximate surface area is 102 Å². The molecule has 1 atom stereocenters. The van der Waals surface area contributed by atoms with E-state index >= 15 is 0 Å². The van der Waals surface area contributed by atoms with Crippen LogP contribution in [0.5, 0.6) is 0 Å². The van der Waals surface area contributed by atoms with Crippen LogP contribution in [-0.4, -0.2) is 19.1 Å². The summed E-state index contributed by atoms with van der Waals surface area (Å²) in [6, 6.07) is 7.89. The molecule has 0 aliphatic heterocycles. The molecule has 0 radical (unpaired) electrons. The van der Waals surface area contributed by atoms with E-state index in [1.165, 1.54) is 0 Å². The SMILES string of the molecule is C[Si](C)(C)CC(C(=O)O)c1cccc(Cl)c1. The number of hydrogen-bond donors (Lipinski definition) is 1. The maximum atomic E-state index is 11.3. The van der Waals surface area contributed by atoms with Gasteiger partial charge >= 0.3 is 5.97 Å². The number of carboxylic acids is 1. The number of rotatable bonds is 4. The van der Waals surface area contributed by atoms with E-state index in [2.05, 4.69) is 19.6 Å². The zero-order valence-electron chi connectivity index (χ0n) is 9.83. The van der Waals surface area contributed by atoms with Gasteiger partial charge in [0.15, 0.2) is 0 Å². The van der Waals surface area contributed by atoms with Crippen LogP contribution in [-0.2, 0) is 4.79 Å². The first-order valence-electron chi connectivity index (χ1n) is 5.28. The molecule has 0 spiro atoms. The lowest BCUT2D eigenvalue weighted by Gasteiger charge is -2.21. The Morgan fingerprint density at radius 2 is 2.06 bits per heavy atom. The van der Waals surface area contributed by atoms with Crippen LogP contribution in [0.4, 0.5) is 0 Å². The molecule has 1 rings (SSSR count). The summed E-state index contributed by atoms with van der Waals surface area (Å²) in [5.74, 6) is -1.19. The molecule has 0 saturated carbocycles. The van der Waals surface area contributed by atoms with Crippen LogP contribution < -0.4 is 0 Å². The van der Waals surface area contributed by atoms with E-state index in [0.717, 1.165) is 11.6 Å². The Morgan fingerprint density at radius 3 is 2.50 bits per heavy atom. The summed E-state index contributed by atoms with van der Waals surface area (Å²) in [5, 5.41) is 9.86. The van der Waals surface area contributed by atoms with Gasteiger partial charge in [-0.05, 0) is 23.7 Å². The van der Waals surface area contributed by atoms with Crippen molar-refractivity contribution in [3.8, 4) is 0 Å². The molecule has 0 aliphatic rings. The highest BCUT2D eigenvalue weighted by Gasteiger charge is 2.27. The monoisotopic (exact) mass is 256 g/mol. The highest BCUT2D eigenvalue weighted by atomic mass is 35.5. The van der Waals surface area contributed by atoms with Gasteiger partial charge in [-0.2, -0.15) is 0 Å². The first kappa shape index (κ1) is 13.3. The average molecular weight is 257 g/mol. The summed E-state index contributed by atoms with van der Waals surface area (Å²) in [4.78, 5) is 11.3. The summed E-state index contributed by atoms with van der Waals surface area (Å²) in [6.07, 6.45) is 0. The first-order valence-corrected chi connectivity index (χ1v) is 9.36. The van der Waals surface area contributed by atoms with Crippen LogP contribution in [0.3, 0.4) is 0 Å². The molecule has 16 heavy (non-hydrogen) atoms. The molecule has 0 saturated heterocycles. The second kappa shape index (κ2) is 5.02. The lowest BCUT2D eigenvalue weighted by atomic mass is 10.0. The van der Waals surface area contributed by atoms with E-state index < -0.39 is 20.0 Å². The fourth-order valence-electron chi connectivity index (χ4n) is 1.68. The van der Waals surface area contributed by atoms with Crippen molar-refractivity contribution in [2.75, 3.05) is 0 Å². The van der Waals surface area contributed by atoms with Crippen molar-refractivity contribution < 1.29 is 9.90 Å². The molecule has 1 unspecified atom stereocenters. The fourth-order valence-corrected chi connectivity index (χ4v) is 3.52. The number of carboxylic acid groups (broad SMARTS) is 1. The van der Waals surface area contributed by atoms with Gasteiger partial charge < -0.3 is 5.11 Å². The first-order chi connectivity index (χ1) is 7.29. The third kappa shape index (κ3) is 3.98. The lowest BCUT2D eigenvalue weighted by Crippen LogP contribution is -2.26. The topological polar surface area (TPSA) is 37.3 Å². The van der Waals surface area contributed by atoms with Gasteiger partial charge in [0.25, 0.3) is 0 Å². The molecule has 0 aliphatic carbocycles. The molecule has 0 aromatic heterocycles.